The van der Waals surface area contributed by atoms with Gasteiger partial charge in [0.05, 0.1) is 5.69 Å². The fourth-order valence-corrected chi connectivity index (χ4v) is 1.65. The van der Waals surface area contributed by atoms with Gasteiger partial charge >= 0.3 is 0 Å². The van der Waals surface area contributed by atoms with E-state index in [1.807, 2.05) is 43.1 Å². The van der Waals surface area contributed by atoms with Crippen molar-refractivity contribution in [2.75, 3.05) is 0 Å². The molecule has 0 saturated carbocycles. The number of hydrogen-bond donors (Lipinski definition) is 0. The molecule has 0 unspecified atom stereocenters. The van der Waals surface area contributed by atoms with E-state index in [0.717, 1.165) is 16.8 Å². The van der Waals surface area contributed by atoms with Crippen LogP contribution in [0.5, 0.6) is 0 Å². The number of carbonyl (C=O) groups excluding carboxylic acids is 1. The van der Waals surface area contributed by atoms with Crippen molar-refractivity contribution in [3.05, 3.63) is 41.6 Å². The Kier molecular flexibility index (Phi) is 2.37. The van der Waals surface area contributed by atoms with Gasteiger partial charge in [-0.2, -0.15) is 5.10 Å². The summed E-state index contributed by atoms with van der Waals surface area (Å²) in [4.78, 5) is 10.5. The highest BCUT2D eigenvalue weighted by Gasteiger charge is 2.06. The second-order valence-corrected chi connectivity index (χ2v) is 3.47. The summed E-state index contributed by atoms with van der Waals surface area (Å²) < 4.78 is 1.81. The van der Waals surface area contributed by atoms with Crippen LogP contribution in [0.15, 0.2) is 30.5 Å². The number of nitrogens with zero attached hydrogens (tertiary/aromatic N) is 2. The van der Waals surface area contributed by atoms with Gasteiger partial charge in [0.25, 0.3) is 0 Å². The highest BCUT2D eigenvalue weighted by molar-refractivity contribution is 5.78. The molecule has 0 N–H and O–H groups in total. The number of aryl methyl sites for hydroxylation is 2. The Balaban J connectivity index is 2.55. The lowest BCUT2D eigenvalue weighted by Gasteiger charge is -2.06. The zero-order chi connectivity index (χ0) is 10.8. The summed E-state index contributed by atoms with van der Waals surface area (Å²) in [5.41, 5.74) is 3.77. The van der Waals surface area contributed by atoms with Crippen LogP contribution in [0.25, 0.3) is 11.3 Å². The third kappa shape index (κ3) is 1.68. The molecule has 0 amide bonds. The number of aromatic nitrogens is 2. The normalized spacial score (nSPS) is 10.3. The molecule has 1 aromatic heterocycles. The van der Waals surface area contributed by atoms with Crippen LogP contribution in [-0.2, 0) is 11.8 Å². The van der Waals surface area contributed by atoms with Crippen molar-refractivity contribution in [3.63, 3.8) is 0 Å². The third-order valence-electron chi connectivity index (χ3n) is 2.44. The highest BCUT2D eigenvalue weighted by Crippen LogP contribution is 2.22. The maximum Gasteiger partial charge on any atom is 0.233 e. The molecule has 1 radical (unpaired) electrons. The van der Waals surface area contributed by atoms with Crippen molar-refractivity contribution in [1.82, 2.24) is 9.78 Å². The Morgan fingerprint density at radius 2 is 2.13 bits per heavy atom. The van der Waals surface area contributed by atoms with Gasteiger partial charge in [0, 0.05) is 24.4 Å². The summed E-state index contributed by atoms with van der Waals surface area (Å²) in [5, 5.41) is 4.12. The summed E-state index contributed by atoms with van der Waals surface area (Å²) in [6.07, 6.45) is 3.64. The number of rotatable bonds is 2. The van der Waals surface area contributed by atoms with Crippen LogP contribution in [0.4, 0.5) is 0 Å². The second-order valence-electron chi connectivity index (χ2n) is 3.47. The van der Waals surface area contributed by atoms with E-state index in [9.17, 15) is 4.79 Å². The molecule has 0 saturated heterocycles. The van der Waals surface area contributed by atoms with Gasteiger partial charge in [-0.25, -0.2) is 0 Å². The van der Waals surface area contributed by atoms with Gasteiger partial charge < -0.3 is 0 Å². The van der Waals surface area contributed by atoms with Crippen LogP contribution in [0.2, 0.25) is 0 Å². The van der Waals surface area contributed by atoms with Crippen molar-refractivity contribution >= 4 is 6.29 Å². The predicted molar refractivity (Wildman–Crippen MR) is 58.2 cm³/mol. The van der Waals surface area contributed by atoms with Crippen LogP contribution in [0.1, 0.15) is 11.1 Å². The minimum atomic E-state index is 0.582. The number of hydrogen-bond acceptors (Lipinski definition) is 2. The van der Waals surface area contributed by atoms with E-state index in [-0.39, 0.29) is 0 Å². The topological polar surface area (TPSA) is 34.9 Å². The average Bonchev–Trinajstić information content (AvgIpc) is 2.64. The molecule has 1 heterocycles. The summed E-state index contributed by atoms with van der Waals surface area (Å²) in [6.45, 7) is 1.98. The first kappa shape index (κ1) is 9.65. The maximum atomic E-state index is 10.5. The Morgan fingerprint density at radius 1 is 1.33 bits per heavy atom. The van der Waals surface area contributed by atoms with Gasteiger partial charge in [0.15, 0.2) is 0 Å². The van der Waals surface area contributed by atoms with Gasteiger partial charge in [-0.05, 0) is 24.6 Å². The van der Waals surface area contributed by atoms with Crippen molar-refractivity contribution < 1.29 is 4.79 Å². The van der Waals surface area contributed by atoms with E-state index in [0.29, 0.717) is 5.56 Å². The monoisotopic (exact) mass is 199 g/mol. The van der Waals surface area contributed by atoms with Gasteiger partial charge in [-0.3, -0.25) is 9.48 Å². The van der Waals surface area contributed by atoms with Gasteiger partial charge in [0.2, 0.25) is 6.29 Å². The fraction of sp³-hybridized carbons (Fsp3) is 0.167. The van der Waals surface area contributed by atoms with Crippen molar-refractivity contribution in [2.24, 2.45) is 7.05 Å². The van der Waals surface area contributed by atoms with E-state index < -0.39 is 0 Å². The van der Waals surface area contributed by atoms with Crippen LogP contribution < -0.4 is 0 Å². The van der Waals surface area contributed by atoms with E-state index in [1.54, 1.807) is 12.3 Å². The standard InChI is InChI=1S/C12H11N2O/c1-9-7-10(8-15)3-4-11(9)12-5-6-13-14(12)2/h3-7H,1-2H3. The lowest BCUT2D eigenvalue weighted by Crippen LogP contribution is -1.95. The molecule has 0 atom stereocenters. The van der Waals surface area contributed by atoms with Gasteiger partial charge in [0.1, 0.15) is 0 Å². The molecule has 3 nitrogen and oxygen atoms in total. The van der Waals surface area contributed by atoms with E-state index in [2.05, 4.69) is 5.10 Å². The molecule has 0 aliphatic heterocycles. The van der Waals surface area contributed by atoms with Crippen molar-refractivity contribution in [3.8, 4) is 11.3 Å². The van der Waals surface area contributed by atoms with Crippen LogP contribution >= 0.6 is 0 Å². The zero-order valence-corrected chi connectivity index (χ0v) is 8.69. The first-order valence-corrected chi connectivity index (χ1v) is 4.69. The summed E-state index contributed by atoms with van der Waals surface area (Å²) in [6, 6.07) is 7.47. The van der Waals surface area contributed by atoms with Crippen LogP contribution in [-0.4, -0.2) is 16.1 Å². The quantitative estimate of drug-likeness (QED) is 0.739. The van der Waals surface area contributed by atoms with E-state index in [1.165, 1.54) is 0 Å². The second kappa shape index (κ2) is 3.69. The van der Waals surface area contributed by atoms with Crippen LogP contribution in [0.3, 0.4) is 0 Å². The summed E-state index contributed by atoms with van der Waals surface area (Å²) >= 11 is 0. The minimum Gasteiger partial charge on any atom is -0.285 e. The lowest BCUT2D eigenvalue weighted by molar-refractivity contribution is 0.562. The largest absolute Gasteiger partial charge is 0.285 e. The molecule has 1 aromatic carbocycles. The Labute approximate surface area is 88.4 Å². The lowest BCUT2D eigenvalue weighted by atomic mass is 10.0. The number of benzene rings is 1. The highest BCUT2D eigenvalue weighted by atomic mass is 16.1. The van der Waals surface area contributed by atoms with Gasteiger partial charge in [-0.15, -0.1) is 0 Å². The molecule has 0 aliphatic rings. The Hall–Kier alpha value is -1.90. The SMILES string of the molecule is Cc1cc([C]=O)ccc1-c1ccnn1C. The van der Waals surface area contributed by atoms with E-state index in [4.69, 9.17) is 0 Å². The first-order valence-electron chi connectivity index (χ1n) is 4.69. The molecule has 0 bridgehead atoms. The molecular weight excluding hydrogens is 188 g/mol. The molecular formula is C12H11N2O. The molecule has 0 spiro atoms. The smallest absolute Gasteiger partial charge is 0.233 e. The van der Waals surface area contributed by atoms with Crippen LogP contribution in [0, 0.1) is 6.92 Å². The maximum absolute atomic E-state index is 10.5. The molecule has 75 valence electrons. The van der Waals surface area contributed by atoms with E-state index >= 15 is 0 Å². The molecule has 0 fully saturated rings. The van der Waals surface area contributed by atoms with Crippen molar-refractivity contribution in [2.45, 2.75) is 6.92 Å². The average molecular weight is 199 g/mol. The third-order valence-corrected chi connectivity index (χ3v) is 2.44. The molecule has 2 aromatic rings. The summed E-state index contributed by atoms with van der Waals surface area (Å²) in [5.74, 6) is 0. The molecule has 0 aliphatic carbocycles. The summed E-state index contributed by atoms with van der Waals surface area (Å²) in [7, 11) is 1.90. The molecule has 3 heteroatoms. The Bertz CT molecular complexity index is 500. The fourth-order valence-electron chi connectivity index (χ4n) is 1.65. The zero-order valence-electron chi connectivity index (χ0n) is 8.69. The first-order chi connectivity index (χ1) is 7.22. The minimum absolute atomic E-state index is 0.582. The molecule has 2 rings (SSSR count). The molecule has 15 heavy (non-hydrogen) atoms. The Morgan fingerprint density at radius 3 is 2.67 bits per heavy atom. The van der Waals surface area contributed by atoms with Gasteiger partial charge in [-0.1, -0.05) is 12.1 Å². The predicted octanol–water partition coefficient (Wildman–Crippen LogP) is 1.85. The van der Waals surface area contributed by atoms with Crippen molar-refractivity contribution in [1.29, 1.82) is 0 Å².